The van der Waals surface area contributed by atoms with Gasteiger partial charge in [-0.3, -0.25) is 14.1 Å². The molecule has 172 valence electrons. The smallest absolute Gasteiger partial charge is 0.329 e. The van der Waals surface area contributed by atoms with E-state index in [1.807, 2.05) is 0 Å². The van der Waals surface area contributed by atoms with Crippen LogP contribution in [-0.2, 0) is 7.05 Å². The van der Waals surface area contributed by atoms with E-state index >= 15 is 8.78 Å². The second-order valence-electron chi connectivity index (χ2n) is 8.45. The summed E-state index contributed by atoms with van der Waals surface area (Å²) >= 11 is 0. The molecule has 0 bridgehead atoms. The minimum atomic E-state index is -3.11. The molecular weight excluding hydrogens is 435 g/mol. The second kappa shape index (κ2) is 7.58. The quantitative estimate of drug-likeness (QED) is 0.470. The molecule has 0 saturated carbocycles. The largest absolute Gasteiger partial charge is 0.481 e. The maximum absolute atomic E-state index is 15.1. The number of hydrogen-bond donors (Lipinski definition) is 0. The van der Waals surface area contributed by atoms with E-state index in [1.165, 1.54) is 41.8 Å². The van der Waals surface area contributed by atoms with Crippen LogP contribution in [-0.4, -0.2) is 57.2 Å². The Morgan fingerprint density at radius 1 is 1.15 bits per heavy atom. The van der Waals surface area contributed by atoms with Crippen LogP contribution >= 0.6 is 0 Å². The molecule has 1 atom stereocenters. The van der Waals surface area contributed by atoms with Gasteiger partial charge in [-0.15, -0.1) is 0 Å². The van der Waals surface area contributed by atoms with Crippen molar-refractivity contribution in [1.29, 1.82) is 0 Å². The molecule has 1 aliphatic heterocycles. The number of fused-ring (bicyclic) bond motifs is 3. The monoisotopic (exact) mass is 457 g/mol. The fourth-order valence-electron chi connectivity index (χ4n) is 4.63. The molecule has 10 heteroatoms. The van der Waals surface area contributed by atoms with E-state index in [1.54, 1.807) is 30.1 Å². The molecule has 0 spiro atoms. The van der Waals surface area contributed by atoms with Gasteiger partial charge in [0.05, 0.1) is 36.4 Å². The number of piperidine rings is 1. The minimum absolute atomic E-state index is 0.114. The molecule has 4 aromatic rings. The SMILES string of the molecule is COc1ccc(-c2cc3c(cc2F)ncc2c3n([C@H]3CCN(C)CC3(F)F)c(=O)n2C)cn1. The van der Waals surface area contributed by atoms with Crippen molar-refractivity contribution in [1.82, 2.24) is 24.0 Å². The Bertz CT molecular complexity index is 1430. The van der Waals surface area contributed by atoms with Gasteiger partial charge in [0.25, 0.3) is 5.92 Å². The van der Waals surface area contributed by atoms with Gasteiger partial charge in [0, 0.05) is 48.4 Å². The van der Waals surface area contributed by atoms with Gasteiger partial charge in [-0.05, 0) is 25.6 Å². The molecule has 3 aromatic heterocycles. The van der Waals surface area contributed by atoms with Gasteiger partial charge in [0.2, 0.25) is 5.88 Å². The predicted octanol–water partition coefficient (Wildman–Crippen LogP) is 3.61. The average Bonchev–Trinajstić information content (AvgIpc) is 3.03. The highest BCUT2D eigenvalue weighted by atomic mass is 19.3. The number of imidazole rings is 1. The van der Waals surface area contributed by atoms with Gasteiger partial charge < -0.3 is 9.64 Å². The molecule has 0 aliphatic carbocycles. The van der Waals surface area contributed by atoms with Crippen LogP contribution in [0.5, 0.6) is 5.88 Å². The molecular formula is C23H22F3N5O2. The Morgan fingerprint density at radius 2 is 1.94 bits per heavy atom. The summed E-state index contributed by atoms with van der Waals surface area (Å²) in [6.07, 6.45) is 3.01. The van der Waals surface area contributed by atoms with Crippen LogP contribution in [0.1, 0.15) is 12.5 Å². The Morgan fingerprint density at radius 3 is 2.61 bits per heavy atom. The zero-order valence-corrected chi connectivity index (χ0v) is 18.3. The van der Waals surface area contributed by atoms with Crippen LogP contribution < -0.4 is 10.4 Å². The van der Waals surface area contributed by atoms with Crippen molar-refractivity contribution in [3.8, 4) is 17.0 Å². The Balaban J connectivity index is 1.80. The Labute approximate surface area is 187 Å². The van der Waals surface area contributed by atoms with Gasteiger partial charge in [-0.1, -0.05) is 0 Å². The van der Waals surface area contributed by atoms with E-state index in [-0.39, 0.29) is 17.5 Å². The first-order valence-electron chi connectivity index (χ1n) is 10.5. The molecule has 0 unspecified atom stereocenters. The highest BCUT2D eigenvalue weighted by Crippen LogP contribution is 2.39. The van der Waals surface area contributed by atoms with Gasteiger partial charge in [-0.2, -0.15) is 0 Å². The van der Waals surface area contributed by atoms with Crippen LogP contribution in [0.15, 0.2) is 41.5 Å². The van der Waals surface area contributed by atoms with Crippen LogP contribution in [0.4, 0.5) is 13.2 Å². The number of ether oxygens (including phenoxy) is 1. The van der Waals surface area contributed by atoms with E-state index in [0.29, 0.717) is 34.4 Å². The maximum Gasteiger partial charge on any atom is 0.329 e. The molecule has 1 aliphatic rings. The summed E-state index contributed by atoms with van der Waals surface area (Å²) in [5.74, 6) is -3.26. The third-order valence-electron chi connectivity index (χ3n) is 6.32. The lowest BCUT2D eigenvalue weighted by atomic mass is 9.99. The molecule has 1 aromatic carbocycles. The van der Waals surface area contributed by atoms with Crippen LogP contribution in [0, 0.1) is 5.82 Å². The summed E-state index contributed by atoms with van der Waals surface area (Å²) in [4.78, 5) is 23.1. The van der Waals surface area contributed by atoms with E-state index < -0.39 is 30.0 Å². The number of methoxy groups -OCH3 is 1. The van der Waals surface area contributed by atoms with Crippen LogP contribution in [0.25, 0.3) is 33.1 Å². The molecule has 1 fully saturated rings. The molecule has 5 rings (SSSR count). The molecule has 0 radical (unpaired) electrons. The molecule has 33 heavy (non-hydrogen) atoms. The lowest BCUT2D eigenvalue weighted by Crippen LogP contribution is -2.49. The fourth-order valence-corrected chi connectivity index (χ4v) is 4.63. The summed E-state index contributed by atoms with van der Waals surface area (Å²) in [5.41, 5.74) is 1.18. The molecule has 0 amide bonds. The number of halogens is 3. The number of nitrogens with zero attached hydrogens (tertiary/aromatic N) is 5. The number of aryl methyl sites for hydroxylation is 1. The predicted molar refractivity (Wildman–Crippen MR) is 118 cm³/mol. The summed E-state index contributed by atoms with van der Waals surface area (Å²) in [6.45, 7) is -0.00952. The van der Waals surface area contributed by atoms with Crippen LogP contribution in [0.2, 0.25) is 0 Å². The fraction of sp³-hybridized carbons (Fsp3) is 0.348. The zero-order chi connectivity index (χ0) is 23.5. The third kappa shape index (κ3) is 3.36. The average molecular weight is 457 g/mol. The number of pyridine rings is 2. The number of likely N-dealkylation sites (tertiary alicyclic amines) is 1. The van der Waals surface area contributed by atoms with E-state index in [0.717, 1.165) is 0 Å². The Kier molecular flexibility index (Phi) is 4.93. The van der Waals surface area contributed by atoms with Crippen molar-refractivity contribution in [2.45, 2.75) is 18.4 Å². The van der Waals surface area contributed by atoms with Gasteiger partial charge in [-0.25, -0.2) is 22.9 Å². The normalized spacial score (nSPS) is 18.8. The first-order chi connectivity index (χ1) is 15.7. The minimum Gasteiger partial charge on any atom is -0.481 e. The third-order valence-corrected chi connectivity index (χ3v) is 6.32. The molecule has 0 N–H and O–H groups in total. The summed E-state index contributed by atoms with van der Waals surface area (Å²) in [5, 5.41) is 0.423. The summed E-state index contributed by atoms with van der Waals surface area (Å²) in [6, 6.07) is 4.75. The van der Waals surface area contributed by atoms with E-state index in [2.05, 4.69) is 9.97 Å². The number of rotatable bonds is 3. The lowest BCUT2D eigenvalue weighted by Gasteiger charge is -2.37. The topological polar surface area (TPSA) is 65.2 Å². The number of hydrogen-bond acceptors (Lipinski definition) is 5. The lowest BCUT2D eigenvalue weighted by molar-refractivity contribution is -0.0977. The van der Waals surface area contributed by atoms with Gasteiger partial charge in [0.1, 0.15) is 11.9 Å². The van der Waals surface area contributed by atoms with Crippen molar-refractivity contribution in [3.05, 3.63) is 53.0 Å². The number of benzene rings is 1. The first kappa shape index (κ1) is 21.4. The van der Waals surface area contributed by atoms with Gasteiger partial charge >= 0.3 is 5.69 Å². The van der Waals surface area contributed by atoms with Crippen molar-refractivity contribution >= 4 is 21.9 Å². The van der Waals surface area contributed by atoms with E-state index in [4.69, 9.17) is 4.74 Å². The number of aromatic nitrogens is 4. The summed E-state index contributed by atoms with van der Waals surface area (Å²) in [7, 11) is 4.64. The Hall–Kier alpha value is -3.40. The van der Waals surface area contributed by atoms with Crippen molar-refractivity contribution in [3.63, 3.8) is 0 Å². The maximum atomic E-state index is 15.1. The highest BCUT2D eigenvalue weighted by molar-refractivity contribution is 6.04. The highest BCUT2D eigenvalue weighted by Gasteiger charge is 2.46. The second-order valence-corrected chi connectivity index (χ2v) is 8.45. The standard InChI is InChI=1S/C23H22F3N5O2/c1-29-7-6-19(23(25,26)12-29)31-21-15-8-14(13-4-5-20(33-3)28-10-13)16(24)9-17(15)27-11-18(21)30(2)22(31)32/h4-5,8-11,19H,6-7,12H2,1-3H3/t19-/m0/s1. The van der Waals surface area contributed by atoms with E-state index in [9.17, 15) is 9.18 Å². The molecule has 4 heterocycles. The van der Waals surface area contributed by atoms with Crippen LogP contribution in [0.3, 0.4) is 0 Å². The molecule has 7 nitrogen and oxygen atoms in total. The summed E-state index contributed by atoms with van der Waals surface area (Å²) < 4.78 is 52.7. The number of alkyl halides is 2. The van der Waals surface area contributed by atoms with Crippen molar-refractivity contribution in [2.24, 2.45) is 7.05 Å². The van der Waals surface area contributed by atoms with Gasteiger partial charge in [0.15, 0.2) is 0 Å². The zero-order valence-electron chi connectivity index (χ0n) is 18.3. The van der Waals surface area contributed by atoms with Crippen molar-refractivity contribution in [2.75, 3.05) is 27.2 Å². The van der Waals surface area contributed by atoms with Crippen molar-refractivity contribution < 1.29 is 17.9 Å². The first-order valence-corrected chi connectivity index (χ1v) is 10.5. The molecule has 1 saturated heterocycles.